The number of aromatic nitrogens is 3. The summed E-state index contributed by atoms with van der Waals surface area (Å²) in [4.78, 5) is 14.4. The smallest absolute Gasteiger partial charge is 0.270 e. The molecule has 4 heterocycles. The molecular formula is C24H28FN9O. The molecule has 2 aromatic heterocycles. The largest absolute Gasteiger partial charge is 0.378 e. The second-order valence-electron chi connectivity index (χ2n) is 8.52. The van der Waals surface area contributed by atoms with Gasteiger partial charge in [-0.3, -0.25) is 4.98 Å². The Labute approximate surface area is 203 Å². The fraction of sp³-hybridized carbons (Fsp3) is 0.375. The lowest BCUT2D eigenvalue weighted by Crippen LogP contribution is -2.37. The van der Waals surface area contributed by atoms with Gasteiger partial charge in [0.05, 0.1) is 42.7 Å². The molecule has 182 valence electrons. The van der Waals surface area contributed by atoms with Crippen LogP contribution in [0, 0.1) is 5.82 Å². The number of hydrogen-bond donors (Lipinski definition) is 2. The van der Waals surface area contributed by atoms with Crippen molar-refractivity contribution in [1.82, 2.24) is 20.4 Å². The van der Waals surface area contributed by atoms with Crippen LogP contribution in [0.3, 0.4) is 0 Å². The van der Waals surface area contributed by atoms with Gasteiger partial charge in [-0.05, 0) is 43.7 Å². The van der Waals surface area contributed by atoms with Crippen LogP contribution in [-0.2, 0) is 11.3 Å². The number of hydrazine groups is 1. The van der Waals surface area contributed by atoms with Crippen LogP contribution in [0.1, 0.15) is 19.0 Å². The number of nitrogens with one attached hydrogen (secondary N) is 2. The molecule has 5 rings (SSSR count). The van der Waals surface area contributed by atoms with Crippen LogP contribution in [0.25, 0.3) is 0 Å². The fourth-order valence-corrected chi connectivity index (χ4v) is 4.00. The number of benzene rings is 1. The molecule has 1 aromatic carbocycles. The molecule has 3 aromatic rings. The highest BCUT2D eigenvalue weighted by Gasteiger charge is 2.19. The van der Waals surface area contributed by atoms with Gasteiger partial charge in [0.2, 0.25) is 0 Å². The third-order valence-electron chi connectivity index (χ3n) is 5.85. The molecular weight excluding hydrogens is 449 g/mol. The van der Waals surface area contributed by atoms with Gasteiger partial charge >= 0.3 is 0 Å². The minimum Gasteiger partial charge on any atom is -0.378 e. The van der Waals surface area contributed by atoms with Crippen LogP contribution < -0.4 is 20.7 Å². The number of anilines is 4. The minimum atomic E-state index is -0.479. The Balaban J connectivity index is 1.18. The molecule has 2 fully saturated rings. The first-order chi connectivity index (χ1) is 17.1. The first kappa shape index (κ1) is 23.1. The lowest BCUT2D eigenvalue weighted by atomic mass is 10.2. The van der Waals surface area contributed by atoms with E-state index in [1.54, 1.807) is 6.20 Å². The quantitative estimate of drug-likeness (QED) is 0.493. The normalized spacial score (nSPS) is 18.4. The zero-order valence-corrected chi connectivity index (χ0v) is 19.6. The summed E-state index contributed by atoms with van der Waals surface area (Å²) in [6.07, 6.45) is 4.02. The highest BCUT2D eigenvalue weighted by atomic mass is 19.1. The van der Waals surface area contributed by atoms with E-state index in [4.69, 9.17) is 4.74 Å². The fourth-order valence-electron chi connectivity index (χ4n) is 4.00. The van der Waals surface area contributed by atoms with Crippen molar-refractivity contribution in [3.8, 4) is 0 Å². The van der Waals surface area contributed by atoms with Crippen molar-refractivity contribution < 1.29 is 9.13 Å². The predicted octanol–water partition coefficient (Wildman–Crippen LogP) is 3.98. The molecule has 2 aliphatic rings. The minimum absolute atomic E-state index is 0.118. The van der Waals surface area contributed by atoms with Crippen LogP contribution in [-0.4, -0.2) is 53.8 Å². The van der Waals surface area contributed by atoms with E-state index < -0.39 is 5.82 Å². The summed E-state index contributed by atoms with van der Waals surface area (Å²) in [5.74, 6) is -0.134. The molecule has 0 amide bonds. The van der Waals surface area contributed by atoms with Crippen LogP contribution in [0.4, 0.5) is 33.2 Å². The van der Waals surface area contributed by atoms with E-state index in [0.717, 1.165) is 41.9 Å². The van der Waals surface area contributed by atoms with Gasteiger partial charge in [0.15, 0.2) is 11.6 Å². The topological polar surface area (TPSA) is 103 Å². The van der Waals surface area contributed by atoms with E-state index in [0.29, 0.717) is 32.3 Å². The van der Waals surface area contributed by atoms with E-state index in [1.165, 1.54) is 0 Å². The third kappa shape index (κ3) is 5.87. The van der Waals surface area contributed by atoms with Gasteiger partial charge in [-0.15, -0.1) is 5.11 Å². The first-order valence-corrected chi connectivity index (χ1v) is 11.7. The zero-order valence-electron chi connectivity index (χ0n) is 19.6. The highest BCUT2D eigenvalue weighted by molar-refractivity contribution is 5.64. The Bertz CT molecular complexity index is 1170. The zero-order chi connectivity index (χ0) is 24.0. The van der Waals surface area contributed by atoms with Crippen LogP contribution >= 0.6 is 0 Å². The van der Waals surface area contributed by atoms with E-state index in [1.807, 2.05) is 29.2 Å². The van der Waals surface area contributed by atoms with Crippen LogP contribution in [0.5, 0.6) is 0 Å². The number of morpholine rings is 1. The Morgan fingerprint density at radius 3 is 2.77 bits per heavy atom. The second kappa shape index (κ2) is 10.7. The van der Waals surface area contributed by atoms with Gasteiger partial charge in [0.25, 0.3) is 5.95 Å². The predicted molar refractivity (Wildman–Crippen MR) is 132 cm³/mol. The van der Waals surface area contributed by atoms with Crippen molar-refractivity contribution in [3.05, 3.63) is 60.3 Å². The molecule has 0 saturated carbocycles. The summed E-state index contributed by atoms with van der Waals surface area (Å²) in [5, 5.41) is 13.8. The number of rotatable bonds is 7. The van der Waals surface area contributed by atoms with Gasteiger partial charge in [-0.2, -0.15) is 10.1 Å². The average Bonchev–Trinajstić information content (AvgIpc) is 3.33. The van der Waals surface area contributed by atoms with Crippen molar-refractivity contribution in [3.63, 3.8) is 0 Å². The Kier molecular flexibility index (Phi) is 7.05. The van der Waals surface area contributed by atoms with Crippen molar-refractivity contribution in [2.24, 2.45) is 10.2 Å². The summed E-state index contributed by atoms with van der Waals surface area (Å²) in [6.45, 7) is 5.68. The number of pyridine rings is 1. The molecule has 1 atom stereocenters. The summed E-state index contributed by atoms with van der Waals surface area (Å²) < 4.78 is 19.5. The number of hydrogen-bond acceptors (Lipinski definition) is 10. The van der Waals surface area contributed by atoms with Gasteiger partial charge in [0.1, 0.15) is 6.54 Å². The maximum Gasteiger partial charge on any atom is 0.270 e. The maximum absolute atomic E-state index is 14.2. The maximum atomic E-state index is 14.2. The Morgan fingerprint density at radius 2 is 2.00 bits per heavy atom. The summed E-state index contributed by atoms with van der Waals surface area (Å²) in [6, 6.07) is 12.6. The molecule has 0 spiro atoms. The monoisotopic (exact) mass is 477 g/mol. The lowest BCUT2D eigenvalue weighted by molar-refractivity contribution is 0.122. The average molecular weight is 478 g/mol. The standard InChI is InChI=1S/C24H28FN9O/c1-17-7-8-34(32-17)21-4-2-3-18(13-21)29-20-6-5-19(26-14-20)15-28-31-24-27-16-22(25)23(30-24)33-9-11-35-12-10-33/h2-6,13-14,16-17,29,32H,7-12,15H2,1H3. The van der Waals surface area contributed by atoms with Crippen molar-refractivity contribution in [2.75, 3.05) is 48.1 Å². The van der Waals surface area contributed by atoms with E-state index in [9.17, 15) is 4.39 Å². The van der Waals surface area contributed by atoms with Crippen LogP contribution in [0.2, 0.25) is 0 Å². The summed E-state index contributed by atoms with van der Waals surface area (Å²) in [5.41, 5.74) is 7.21. The number of nitrogens with zero attached hydrogens (tertiary/aromatic N) is 7. The van der Waals surface area contributed by atoms with Crippen molar-refractivity contribution >= 4 is 28.8 Å². The first-order valence-electron chi connectivity index (χ1n) is 11.7. The van der Waals surface area contributed by atoms with E-state index in [2.05, 4.69) is 60.0 Å². The Morgan fingerprint density at radius 1 is 1.11 bits per heavy atom. The molecule has 0 radical (unpaired) electrons. The molecule has 10 nitrogen and oxygen atoms in total. The number of halogens is 1. The van der Waals surface area contributed by atoms with Gasteiger partial charge in [-0.25, -0.2) is 14.8 Å². The lowest BCUT2D eigenvalue weighted by Gasteiger charge is -2.27. The second-order valence-corrected chi connectivity index (χ2v) is 8.52. The molecule has 35 heavy (non-hydrogen) atoms. The van der Waals surface area contributed by atoms with E-state index in [-0.39, 0.29) is 18.3 Å². The van der Waals surface area contributed by atoms with Crippen LogP contribution in [0.15, 0.2) is 59.0 Å². The highest BCUT2D eigenvalue weighted by Crippen LogP contribution is 2.24. The van der Waals surface area contributed by atoms with E-state index >= 15 is 0 Å². The molecule has 1 unspecified atom stereocenters. The molecule has 2 N–H and O–H groups in total. The number of ether oxygens (including phenoxy) is 1. The molecule has 2 aliphatic heterocycles. The SMILES string of the molecule is CC1CCN(c2cccc(Nc3ccc(CN=Nc4ncc(F)c(N5CCOCC5)n4)nc3)c2)N1. The molecule has 0 aliphatic carbocycles. The van der Waals surface area contributed by atoms with Gasteiger partial charge < -0.3 is 20.0 Å². The Hall–Kier alpha value is -3.70. The molecule has 2 saturated heterocycles. The number of azo groups is 1. The van der Waals surface area contributed by atoms with Gasteiger partial charge in [0, 0.05) is 31.4 Å². The molecule has 0 bridgehead atoms. The molecule has 11 heteroatoms. The summed E-state index contributed by atoms with van der Waals surface area (Å²) in [7, 11) is 0. The van der Waals surface area contributed by atoms with Crippen molar-refractivity contribution in [1.29, 1.82) is 0 Å². The summed E-state index contributed by atoms with van der Waals surface area (Å²) >= 11 is 0. The van der Waals surface area contributed by atoms with Crippen molar-refractivity contribution in [2.45, 2.75) is 25.9 Å². The van der Waals surface area contributed by atoms with Gasteiger partial charge in [-0.1, -0.05) is 6.07 Å². The third-order valence-corrected chi connectivity index (χ3v) is 5.85.